The number of carboxylic acids is 1. The molecule has 99 heavy (non-hydrogen) atoms. The number of pyridine rings is 1. The van der Waals surface area contributed by atoms with Crippen molar-refractivity contribution in [2.75, 3.05) is 79.8 Å². The lowest BCUT2D eigenvalue weighted by Crippen LogP contribution is -2.63. The van der Waals surface area contributed by atoms with Gasteiger partial charge in [-0.3, -0.25) is 29.3 Å². The van der Waals surface area contributed by atoms with Gasteiger partial charge in [-0.2, -0.15) is 0 Å². The maximum absolute atomic E-state index is 14.4. The van der Waals surface area contributed by atoms with Gasteiger partial charge in [-0.25, -0.2) is 29.4 Å². The number of carbonyl (C=O) groups excluding carboxylic acids is 7. The number of methoxy groups -OCH3 is 1. The number of aliphatic carboxylic acids is 1. The maximum Gasteiger partial charge on any atom is 0.424 e. The van der Waals surface area contributed by atoms with Crippen molar-refractivity contribution >= 4 is 76.0 Å². The molecule has 1 aliphatic carbocycles. The number of ketones is 1. The van der Waals surface area contributed by atoms with Gasteiger partial charge in [0, 0.05) is 109 Å². The molecule has 5 aromatic rings. The Hall–Kier alpha value is -8.56. The van der Waals surface area contributed by atoms with Crippen molar-refractivity contribution in [3.8, 4) is 11.1 Å². The first-order valence-corrected chi connectivity index (χ1v) is 33.8. The average Bonchev–Trinajstić information content (AvgIpc) is 1.58. The number of ether oxygens (including phenoxy) is 7. The molecule has 2 aromatic heterocycles. The van der Waals surface area contributed by atoms with E-state index < -0.39 is 95.5 Å². The van der Waals surface area contributed by atoms with E-state index in [9.17, 15) is 48.6 Å². The second-order valence-electron chi connectivity index (χ2n) is 26.3. The van der Waals surface area contributed by atoms with E-state index in [1.54, 1.807) is 58.3 Å². The van der Waals surface area contributed by atoms with Crippen molar-refractivity contribution in [3.63, 3.8) is 0 Å². The summed E-state index contributed by atoms with van der Waals surface area (Å²) in [5, 5.41) is 31.0. The van der Waals surface area contributed by atoms with Crippen molar-refractivity contribution in [1.82, 2.24) is 35.1 Å². The van der Waals surface area contributed by atoms with Crippen molar-refractivity contribution in [2.24, 2.45) is 11.8 Å². The van der Waals surface area contributed by atoms with Gasteiger partial charge in [-0.15, -0.1) is 0 Å². The van der Waals surface area contributed by atoms with Crippen molar-refractivity contribution < 1.29 is 81.7 Å². The SMILES string of the molecule is CO[C@@H]1/C=C/C=C(\C)Cc2cc(C)c(Cl)c(c2)N(C)C(=O)C[C@H](OC(=O)[C@H](C)N(C)C(=O)CCOCCOCCNC(=O)[C@H](CCC(=O)O)CC(=O)CCn2c(CN(C)N(C)C(=O)OCC3c4ccccc4-c4ccccc43)cc3cccnc32)[C@]2(C)OC2[C@H](C)[C@@H]2C[C@]1(O)NC(=O)O2. The lowest BCUT2D eigenvalue weighted by atomic mass is 9.83. The summed E-state index contributed by atoms with van der Waals surface area (Å²) in [5.41, 5.74) is 5.65. The molecule has 532 valence electrons. The zero-order valence-corrected chi connectivity index (χ0v) is 58.6. The van der Waals surface area contributed by atoms with Crippen LogP contribution in [0.3, 0.4) is 0 Å². The van der Waals surface area contributed by atoms with E-state index in [4.69, 9.17) is 44.8 Å². The lowest BCUT2D eigenvalue weighted by Gasteiger charge is -2.42. The fourth-order valence-electron chi connectivity index (χ4n) is 13.2. The highest BCUT2D eigenvalue weighted by molar-refractivity contribution is 6.34. The highest BCUT2D eigenvalue weighted by Gasteiger charge is 2.64. The molecule has 2 saturated heterocycles. The average molecular weight is 1390 g/mol. The molecule has 3 aromatic carbocycles. The molecule has 2 fully saturated rings. The van der Waals surface area contributed by atoms with Gasteiger partial charge in [0.05, 0.1) is 62.6 Å². The number of rotatable bonds is 27. The van der Waals surface area contributed by atoms with Crippen LogP contribution in [0, 0.1) is 18.8 Å². The van der Waals surface area contributed by atoms with Crippen LogP contribution in [0.2, 0.25) is 5.02 Å². The standard InChI is InChI=1S/C73H91ClN8O17/c1-44-17-15-23-60(93-10)73(92)41-59(97-70(90)77-73)46(3)66-72(5,99-66)61(40-63(85)80(8)58-37-48(35-44)36-45(2)65(58)74)98-69(89)47(4)79(7)62(84)27-31-94-33-34-95-32-29-76-68(88)50(24-25-64(86)87)39-52(83)26-30-82-51(38-49-18-16-28-75-67(49)82)42-78(6)81(9)71(91)96-43-57-55-21-13-11-19-53(55)54-20-12-14-22-56(54)57/h11-23,28,36-38,46-47,50,57,59-61,66,92H,24-27,29-35,39-43H2,1-10H3,(H,76,88)(H,77,90)(H,86,87)/b23-15+,44-17+/t46-,47+,50-,59+,60-,61+,66?,72+,73-/m1/s1. The Morgan fingerprint density at radius 3 is 2.31 bits per heavy atom. The van der Waals surface area contributed by atoms with E-state index in [1.807, 2.05) is 79.1 Å². The number of allylic oxidation sites excluding steroid dienone is 3. The number of aryl methyl sites for hydroxylation is 2. The topological polar surface area (TPSA) is 300 Å². The minimum Gasteiger partial charge on any atom is -0.481 e. The summed E-state index contributed by atoms with van der Waals surface area (Å²) in [6.07, 6.45) is 0.971. The second kappa shape index (κ2) is 33.1. The fraction of sp³-hybridized carbons (Fsp3) is 0.493. The first-order valence-electron chi connectivity index (χ1n) is 33.4. The predicted molar refractivity (Wildman–Crippen MR) is 367 cm³/mol. The van der Waals surface area contributed by atoms with Gasteiger partial charge in [0.15, 0.2) is 5.72 Å². The smallest absolute Gasteiger partial charge is 0.424 e. The number of amides is 5. The van der Waals surface area contributed by atoms with Crippen molar-refractivity contribution in [1.29, 1.82) is 0 Å². The third-order valence-corrected chi connectivity index (χ3v) is 19.8. The molecule has 1 unspecified atom stereocenters. The van der Waals surface area contributed by atoms with Crippen LogP contribution < -0.4 is 15.5 Å². The largest absolute Gasteiger partial charge is 0.481 e. The first-order chi connectivity index (χ1) is 47.2. The summed E-state index contributed by atoms with van der Waals surface area (Å²) in [6, 6.07) is 24.5. The number of epoxide rings is 1. The van der Waals surface area contributed by atoms with Crippen LogP contribution in [0.15, 0.2) is 109 Å². The fourth-order valence-corrected chi connectivity index (χ4v) is 13.5. The van der Waals surface area contributed by atoms with Crippen LogP contribution >= 0.6 is 11.6 Å². The molecular weight excluding hydrogens is 1300 g/mol. The minimum atomic E-state index is -1.88. The molecule has 0 saturated carbocycles. The number of hydrazine groups is 1. The van der Waals surface area contributed by atoms with E-state index in [1.165, 1.54) is 35.9 Å². The van der Waals surface area contributed by atoms with Crippen LogP contribution in [0.4, 0.5) is 15.3 Å². The molecule has 5 heterocycles. The predicted octanol–water partition coefficient (Wildman–Crippen LogP) is 8.46. The van der Waals surface area contributed by atoms with Gasteiger partial charge < -0.3 is 63.1 Å². The summed E-state index contributed by atoms with van der Waals surface area (Å²) in [7, 11) is 7.84. The molecule has 0 spiro atoms. The van der Waals surface area contributed by atoms with E-state index in [0.29, 0.717) is 22.8 Å². The molecule has 4 bridgehead atoms. The molecule has 9 atom stereocenters. The van der Waals surface area contributed by atoms with Crippen molar-refractivity contribution in [2.45, 2.75) is 147 Å². The number of carbonyl (C=O) groups is 8. The number of aromatic nitrogens is 2. The van der Waals surface area contributed by atoms with Crippen LogP contribution in [-0.4, -0.2) is 199 Å². The number of alkyl carbamates (subject to hydrolysis) is 1. The van der Waals surface area contributed by atoms with E-state index in [-0.39, 0.29) is 109 Å². The summed E-state index contributed by atoms with van der Waals surface area (Å²) < 4.78 is 43.1. The van der Waals surface area contributed by atoms with Gasteiger partial charge in [0.1, 0.15) is 48.0 Å². The number of hydrogen-bond donors (Lipinski definition) is 4. The molecule has 26 heteroatoms. The van der Waals surface area contributed by atoms with Gasteiger partial charge in [-0.05, 0) is 98.2 Å². The quantitative estimate of drug-likeness (QED) is 0.0126. The summed E-state index contributed by atoms with van der Waals surface area (Å²) in [4.78, 5) is 115. The van der Waals surface area contributed by atoms with Crippen molar-refractivity contribution in [3.05, 3.63) is 142 Å². The number of aliphatic hydroxyl groups is 1. The number of hydrogen-bond acceptors (Lipinski definition) is 18. The number of benzene rings is 3. The van der Waals surface area contributed by atoms with E-state index >= 15 is 0 Å². The number of likely N-dealkylation sites (N-methyl/N-ethyl adjacent to an activating group) is 1. The van der Waals surface area contributed by atoms with Gasteiger partial charge >= 0.3 is 24.1 Å². The highest BCUT2D eigenvalue weighted by Crippen LogP contribution is 2.50. The molecule has 4 N–H and O–H groups in total. The third kappa shape index (κ3) is 18.1. The molecule has 4 aliphatic rings. The third-order valence-electron chi connectivity index (χ3n) is 19.3. The zero-order valence-electron chi connectivity index (χ0n) is 57.8. The molecular formula is C73H91ClN8O17. The van der Waals surface area contributed by atoms with Crippen LogP contribution in [0.5, 0.6) is 0 Å². The van der Waals surface area contributed by atoms with Crippen LogP contribution in [-0.2, 0) is 81.4 Å². The minimum absolute atomic E-state index is 0.0147. The Labute approximate surface area is 581 Å². The summed E-state index contributed by atoms with van der Waals surface area (Å²) in [5.74, 6) is -5.22. The zero-order chi connectivity index (χ0) is 71.5. The molecule has 5 amide bonds. The number of nitrogens with zero attached hydrogens (tertiary/aromatic N) is 6. The Balaban J connectivity index is 0.722. The number of Topliss-reactive ketones (excluding diaryl/α,β-unsaturated/α-hetero) is 1. The van der Waals surface area contributed by atoms with Gasteiger partial charge in [0.2, 0.25) is 17.7 Å². The normalized spacial score (nSPS) is 22.9. The van der Waals surface area contributed by atoms with Gasteiger partial charge in [-0.1, -0.05) is 96.9 Å². The number of nitrogens with one attached hydrogen (secondary N) is 2. The second-order valence-corrected chi connectivity index (χ2v) is 26.6. The number of carboxylic acid groups (broad SMARTS) is 1. The summed E-state index contributed by atoms with van der Waals surface area (Å²) >= 11 is 6.85. The van der Waals surface area contributed by atoms with Crippen LogP contribution in [0.1, 0.15) is 107 Å². The number of anilines is 1. The Kier molecular flexibility index (Phi) is 24.9. The molecule has 0 radical (unpaired) electrons. The van der Waals surface area contributed by atoms with Crippen LogP contribution in [0.25, 0.3) is 22.2 Å². The Morgan fingerprint density at radius 2 is 1.62 bits per heavy atom. The van der Waals surface area contributed by atoms with E-state index in [2.05, 4.69) is 39.9 Å². The first kappa shape index (κ1) is 74.7. The number of halogens is 1. The van der Waals surface area contributed by atoms with E-state index in [0.717, 1.165) is 50.0 Å². The number of esters is 1. The summed E-state index contributed by atoms with van der Waals surface area (Å²) in [6.45, 7) is 9.59. The Morgan fingerprint density at radius 1 is 0.919 bits per heavy atom. The Bertz CT molecular complexity index is 3810. The number of fused-ring (bicyclic) bond motifs is 9. The molecule has 25 nitrogen and oxygen atoms in total. The van der Waals surface area contributed by atoms with Gasteiger partial charge in [0.25, 0.3) is 0 Å². The monoisotopic (exact) mass is 1390 g/mol. The maximum atomic E-state index is 14.4. The molecule has 9 rings (SSSR count). The molecule has 3 aliphatic heterocycles. The highest BCUT2D eigenvalue weighted by atomic mass is 35.5. The lowest BCUT2D eigenvalue weighted by molar-refractivity contribution is -0.162.